The number of esters is 1. The normalized spacial score (nSPS) is 11.4. The van der Waals surface area contributed by atoms with Crippen LogP contribution in [-0.2, 0) is 9.53 Å². The highest BCUT2D eigenvalue weighted by atomic mass is 16.5. The fourth-order valence-electron chi connectivity index (χ4n) is 2.29. The lowest BCUT2D eigenvalue weighted by Gasteiger charge is -2.15. The Labute approximate surface area is 142 Å². The highest BCUT2D eigenvalue weighted by molar-refractivity contribution is 5.95. The SMILES string of the molecule is CCCC(C)NC(=O)COC(=O)c1ccc(OC)c(OC)c1OC. The molecule has 0 aliphatic heterocycles. The van der Waals surface area contributed by atoms with Gasteiger partial charge in [-0.1, -0.05) is 13.3 Å². The molecule has 1 unspecified atom stereocenters. The van der Waals surface area contributed by atoms with Crippen molar-refractivity contribution in [2.24, 2.45) is 0 Å². The molecule has 1 aromatic rings. The Balaban J connectivity index is 2.79. The number of carbonyl (C=O) groups excluding carboxylic acids is 2. The lowest BCUT2D eigenvalue weighted by molar-refractivity contribution is -0.124. The van der Waals surface area contributed by atoms with Crippen LogP contribution >= 0.6 is 0 Å². The zero-order valence-corrected chi connectivity index (χ0v) is 14.8. The molecular formula is C17H25NO6. The lowest BCUT2D eigenvalue weighted by Crippen LogP contribution is -2.35. The Morgan fingerprint density at radius 1 is 1.08 bits per heavy atom. The molecule has 7 nitrogen and oxygen atoms in total. The van der Waals surface area contributed by atoms with Crippen molar-refractivity contribution in [1.29, 1.82) is 0 Å². The minimum absolute atomic E-state index is 0.0387. The number of nitrogens with one attached hydrogen (secondary N) is 1. The van der Waals surface area contributed by atoms with Crippen molar-refractivity contribution in [2.75, 3.05) is 27.9 Å². The van der Waals surface area contributed by atoms with E-state index in [1.165, 1.54) is 27.4 Å². The van der Waals surface area contributed by atoms with Gasteiger partial charge >= 0.3 is 5.97 Å². The minimum atomic E-state index is -0.675. The van der Waals surface area contributed by atoms with Crippen molar-refractivity contribution in [3.8, 4) is 17.2 Å². The molecule has 1 aromatic carbocycles. The highest BCUT2D eigenvalue weighted by Gasteiger charge is 2.22. The Morgan fingerprint density at radius 2 is 1.75 bits per heavy atom. The van der Waals surface area contributed by atoms with E-state index in [4.69, 9.17) is 18.9 Å². The van der Waals surface area contributed by atoms with Gasteiger partial charge in [0.25, 0.3) is 5.91 Å². The first-order valence-electron chi connectivity index (χ1n) is 7.73. The summed E-state index contributed by atoms with van der Waals surface area (Å²) < 4.78 is 20.7. The summed E-state index contributed by atoms with van der Waals surface area (Å²) in [6, 6.07) is 3.11. The maximum Gasteiger partial charge on any atom is 0.342 e. The van der Waals surface area contributed by atoms with Crippen LogP contribution in [0.5, 0.6) is 17.2 Å². The Morgan fingerprint density at radius 3 is 2.29 bits per heavy atom. The average Bonchev–Trinajstić information content (AvgIpc) is 2.58. The van der Waals surface area contributed by atoms with E-state index in [9.17, 15) is 9.59 Å². The molecule has 1 amide bonds. The number of ether oxygens (including phenoxy) is 4. The second-order valence-corrected chi connectivity index (χ2v) is 5.22. The van der Waals surface area contributed by atoms with Crippen LogP contribution in [0, 0.1) is 0 Å². The molecule has 0 aliphatic carbocycles. The maximum atomic E-state index is 12.2. The van der Waals surface area contributed by atoms with Gasteiger partial charge < -0.3 is 24.3 Å². The van der Waals surface area contributed by atoms with Gasteiger partial charge in [-0.3, -0.25) is 4.79 Å². The molecule has 24 heavy (non-hydrogen) atoms. The molecule has 0 aliphatic rings. The van der Waals surface area contributed by atoms with Crippen molar-refractivity contribution in [3.05, 3.63) is 17.7 Å². The standard InChI is InChI=1S/C17H25NO6/c1-6-7-11(2)18-14(19)10-24-17(20)12-8-9-13(21-3)16(23-5)15(12)22-4/h8-9,11H,6-7,10H2,1-5H3,(H,18,19). The van der Waals surface area contributed by atoms with Gasteiger partial charge in [-0.05, 0) is 25.5 Å². The van der Waals surface area contributed by atoms with Crippen molar-refractivity contribution >= 4 is 11.9 Å². The molecule has 0 radical (unpaired) electrons. The molecule has 7 heteroatoms. The van der Waals surface area contributed by atoms with Gasteiger partial charge in [0.1, 0.15) is 5.56 Å². The third-order valence-corrected chi connectivity index (χ3v) is 3.39. The fraction of sp³-hybridized carbons (Fsp3) is 0.529. The van der Waals surface area contributed by atoms with Crippen molar-refractivity contribution in [2.45, 2.75) is 32.7 Å². The summed E-state index contributed by atoms with van der Waals surface area (Å²) in [6.07, 6.45) is 1.83. The minimum Gasteiger partial charge on any atom is -0.493 e. The van der Waals surface area contributed by atoms with Gasteiger partial charge in [-0.2, -0.15) is 0 Å². The summed E-state index contributed by atoms with van der Waals surface area (Å²) in [5, 5.41) is 2.76. The van der Waals surface area contributed by atoms with Gasteiger partial charge in [0.05, 0.1) is 21.3 Å². The smallest absolute Gasteiger partial charge is 0.342 e. The van der Waals surface area contributed by atoms with Crippen LogP contribution in [0.2, 0.25) is 0 Å². The summed E-state index contributed by atoms with van der Waals surface area (Å²) in [6.45, 7) is 3.58. The average molecular weight is 339 g/mol. The molecule has 1 atom stereocenters. The zero-order valence-electron chi connectivity index (χ0n) is 14.8. The van der Waals surface area contributed by atoms with Crippen LogP contribution in [0.25, 0.3) is 0 Å². The monoisotopic (exact) mass is 339 g/mol. The first kappa shape index (κ1) is 19.6. The number of amides is 1. The fourth-order valence-corrected chi connectivity index (χ4v) is 2.29. The number of methoxy groups -OCH3 is 3. The number of hydrogen-bond donors (Lipinski definition) is 1. The van der Waals surface area contributed by atoms with Crippen LogP contribution in [-0.4, -0.2) is 45.9 Å². The van der Waals surface area contributed by atoms with E-state index in [-0.39, 0.29) is 35.6 Å². The second kappa shape index (κ2) is 9.64. The van der Waals surface area contributed by atoms with E-state index >= 15 is 0 Å². The predicted molar refractivity (Wildman–Crippen MR) is 88.9 cm³/mol. The van der Waals surface area contributed by atoms with Gasteiger partial charge in [0.2, 0.25) is 5.75 Å². The summed E-state index contributed by atoms with van der Waals surface area (Å²) >= 11 is 0. The molecular weight excluding hydrogens is 314 g/mol. The Bertz CT molecular complexity index is 572. The summed E-state index contributed by atoms with van der Waals surface area (Å²) in [4.78, 5) is 24.0. The van der Waals surface area contributed by atoms with Crippen LogP contribution in [0.3, 0.4) is 0 Å². The molecule has 0 bridgehead atoms. The molecule has 1 N–H and O–H groups in total. The number of rotatable bonds is 9. The van der Waals surface area contributed by atoms with Crippen molar-refractivity contribution < 1.29 is 28.5 Å². The van der Waals surface area contributed by atoms with Crippen LogP contribution in [0.15, 0.2) is 12.1 Å². The first-order chi connectivity index (χ1) is 11.5. The van der Waals surface area contributed by atoms with E-state index in [2.05, 4.69) is 5.32 Å². The molecule has 1 rings (SSSR count). The van der Waals surface area contributed by atoms with Gasteiger partial charge in [-0.25, -0.2) is 4.79 Å². The summed E-state index contributed by atoms with van der Waals surface area (Å²) in [5.41, 5.74) is 0.157. The topological polar surface area (TPSA) is 83.1 Å². The third kappa shape index (κ3) is 5.04. The molecule has 0 aromatic heterocycles. The first-order valence-corrected chi connectivity index (χ1v) is 7.73. The lowest BCUT2D eigenvalue weighted by atomic mass is 10.1. The van der Waals surface area contributed by atoms with Crippen molar-refractivity contribution in [3.63, 3.8) is 0 Å². The number of carbonyl (C=O) groups is 2. The van der Waals surface area contributed by atoms with Gasteiger partial charge in [-0.15, -0.1) is 0 Å². The van der Waals surface area contributed by atoms with E-state index in [0.29, 0.717) is 5.75 Å². The van der Waals surface area contributed by atoms with Crippen LogP contribution in [0.1, 0.15) is 37.0 Å². The summed E-state index contributed by atoms with van der Waals surface area (Å²) in [7, 11) is 4.34. The quantitative estimate of drug-likeness (QED) is 0.694. The van der Waals surface area contributed by atoms with E-state index < -0.39 is 5.97 Å². The molecule has 0 heterocycles. The van der Waals surface area contributed by atoms with E-state index in [1.54, 1.807) is 6.07 Å². The highest BCUT2D eigenvalue weighted by Crippen LogP contribution is 2.39. The third-order valence-electron chi connectivity index (χ3n) is 3.39. The summed E-state index contributed by atoms with van der Waals surface area (Å²) in [5.74, 6) is -0.107. The molecule has 0 fully saturated rings. The van der Waals surface area contributed by atoms with Crippen LogP contribution < -0.4 is 19.5 Å². The largest absolute Gasteiger partial charge is 0.493 e. The zero-order chi connectivity index (χ0) is 18.1. The van der Waals surface area contributed by atoms with Gasteiger partial charge in [0.15, 0.2) is 18.1 Å². The Hall–Kier alpha value is -2.44. The van der Waals surface area contributed by atoms with Crippen LogP contribution in [0.4, 0.5) is 0 Å². The number of hydrogen-bond acceptors (Lipinski definition) is 6. The molecule has 0 saturated heterocycles. The Kier molecular flexibility index (Phi) is 7.88. The molecule has 0 saturated carbocycles. The molecule has 0 spiro atoms. The second-order valence-electron chi connectivity index (χ2n) is 5.22. The molecule has 134 valence electrons. The van der Waals surface area contributed by atoms with Gasteiger partial charge in [0, 0.05) is 6.04 Å². The predicted octanol–water partition coefficient (Wildman–Crippen LogP) is 2.17. The number of benzene rings is 1. The van der Waals surface area contributed by atoms with E-state index in [1.807, 2.05) is 13.8 Å². The van der Waals surface area contributed by atoms with E-state index in [0.717, 1.165) is 12.8 Å². The van der Waals surface area contributed by atoms with Crippen molar-refractivity contribution in [1.82, 2.24) is 5.32 Å². The maximum absolute atomic E-state index is 12.2.